The first-order chi connectivity index (χ1) is 10.8. The van der Waals surface area contributed by atoms with Crippen LogP contribution < -0.4 is 5.32 Å². The van der Waals surface area contributed by atoms with Gasteiger partial charge in [0.25, 0.3) is 0 Å². The maximum Gasteiger partial charge on any atom is 0.123 e. The fourth-order valence-electron chi connectivity index (χ4n) is 2.65. The smallest absolute Gasteiger partial charge is 0.123 e. The molecule has 4 rings (SSSR count). The lowest BCUT2D eigenvalue weighted by Crippen LogP contribution is -1.95. The van der Waals surface area contributed by atoms with E-state index in [9.17, 15) is 4.39 Å². The Balaban J connectivity index is 0.00000156. The van der Waals surface area contributed by atoms with Crippen LogP contribution in [0.4, 0.5) is 15.8 Å². The first kappa shape index (κ1) is 15.3. The van der Waals surface area contributed by atoms with Crippen molar-refractivity contribution in [2.45, 2.75) is 0 Å². The van der Waals surface area contributed by atoms with E-state index in [0.717, 1.165) is 33.2 Å². The van der Waals surface area contributed by atoms with Crippen molar-refractivity contribution in [1.29, 1.82) is 0 Å². The molecule has 0 radical (unpaired) electrons. The molecule has 23 heavy (non-hydrogen) atoms. The molecule has 0 unspecified atom stereocenters. The third-order valence-electron chi connectivity index (χ3n) is 3.70. The quantitative estimate of drug-likeness (QED) is 0.479. The molecule has 1 N–H and O–H groups in total. The Hall–Kier alpha value is -2.65. The van der Waals surface area contributed by atoms with Crippen LogP contribution in [0.2, 0.25) is 0 Å². The first-order valence-corrected chi connectivity index (χ1v) is 7.11. The van der Waals surface area contributed by atoms with Gasteiger partial charge >= 0.3 is 0 Å². The molecule has 0 aliphatic heterocycles. The van der Waals surface area contributed by atoms with Gasteiger partial charge in [-0.25, -0.2) is 9.37 Å². The van der Waals surface area contributed by atoms with E-state index in [1.54, 1.807) is 12.1 Å². The maximum atomic E-state index is 13.1. The molecule has 1 heterocycles. The minimum Gasteiger partial charge on any atom is -0.354 e. The van der Waals surface area contributed by atoms with Crippen LogP contribution in [0.1, 0.15) is 0 Å². The zero-order valence-electron chi connectivity index (χ0n) is 12.2. The van der Waals surface area contributed by atoms with Crippen LogP contribution in [-0.4, -0.2) is 4.98 Å². The van der Waals surface area contributed by atoms with E-state index >= 15 is 0 Å². The molecule has 0 spiro atoms. The molecular weight excluding hydrogens is 311 g/mol. The van der Waals surface area contributed by atoms with Crippen molar-refractivity contribution in [1.82, 2.24) is 4.98 Å². The van der Waals surface area contributed by atoms with Crippen LogP contribution >= 0.6 is 12.4 Å². The summed E-state index contributed by atoms with van der Waals surface area (Å²) in [5.74, 6) is -0.241. The topological polar surface area (TPSA) is 24.9 Å². The summed E-state index contributed by atoms with van der Waals surface area (Å²) in [6.45, 7) is 0. The first-order valence-electron chi connectivity index (χ1n) is 7.11. The SMILES string of the molecule is Cl.Fc1ccc(Nc2c3ccccc3nc3ccccc23)cc1. The molecule has 2 nitrogen and oxygen atoms in total. The van der Waals surface area contributed by atoms with Gasteiger partial charge in [-0.2, -0.15) is 0 Å². The number of aromatic nitrogens is 1. The Bertz CT molecular complexity index is 914. The summed E-state index contributed by atoms with van der Waals surface area (Å²) in [5.41, 5.74) is 3.72. The number of halogens is 2. The zero-order chi connectivity index (χ0) is 14.9. The largest absolute Gasteiger partial charge is 0.354 e. The van der Waals surface area contributed by atoms with Crippen molar-refractivity contribution in [3.63, 3.8) is 0 Å². The predicted octanol–water partition coefficient (Wildman–Crippen LogP) is 5.69. The summed E-state index contributed by atoms with van der Waals surface area (Å²) in [6, 6.07) is 22.4. The van der Waals surface area contributed by atoms with E-state index in [0.29, 0.717) is 0 Å². The number of anilines is 2. The fourth-order valence-corrected chi connectivity index (χ4v) is 2.65. The Labute approximate surface area is 139 Å². The molecule has 114 valence electrons. The average molecular weight is 325 g/mol. The molecular formula is C19H14ClFN2. The molecule has 4 heteroatoms. The molecule has 0 atom stereocenters. The fraction of sp³-hybridized carbons (Fsp3) is 0. The number of nitrogens with one attached hydrogen (secondary N) is 1. The lowest BCUT2D eigenvalue weighted by molar-refractivity contribution is 0.628. The minimum absolute atomic E-state index is 0. The number of para-hydroxylation sites is 2. The number of hydrogen-bond acceptors (Lipinski definition) is 2. The summed E-state index contributed by atoms with van der Waals surface area (Å²) >= 11 is 0. The van der Waals surface area contributed by atoms with Crippen LogP contribution in [0.15, 0.2) is 72.8 Å². The number of pyridine rings is 1. The molecule has 1 aromatic heterocycles. The lowest BCUT2D eigenvalue weighted by atomic mass is 10.1. The molecule has 0 aliphatic rings. The summed E-state index contributed by atoms with van der Waals surface area (Å²) in [5, 5.41) is 5.50. The van der Waals surface area contributed by atoms with Gasteiger partial charge in [0.05, 0.1) is 16.7 Å². The van der Waals surface area contributed by atoms with Crippen molar-refractivity contribution < 1.29 is 4.39 Å². The molecule has 0 fully saturated rings. The molecule has 0 saturated heterocycles. The van der Waals surface area contributed by atoms with E-state index in [2.05, 4.69) is 5.32 Å². The second-order valence-corrected chi connectivity index (χ2v) is 5.15. The van der Waals surface area contributed by atoms with Gasteiger partial charge in [0.15, 0.2) is 0 Å². The Morgan fingerprint density at radius 1 is 0.696 bits per heavy atom. The van der Waals surface area contributed by atoms with Gasteiger partial charge in [-0.05, 0) is 36.4 Å². The maximum absolute atomic E-state index is 13.1. The summed E-state index contributed by atoms with van der Waals surface area (Å²) < 4.78 is 13.1. The third-order valence-corrected chi connectivity index (χ3v) is 3.70. The van der Waals surface area contributed by atoms with Crippen molar-refractivity contribution in [3.05, 3.63) is 78.6 Å². The van der Waals surface area contributed by atoms with Gasteiger partial charge in [0, 0.05) is 16.5 Å². The second-order valence-electron chi connectivity index (χ2n) is 5.15. The number of fused-ring (bicyclic) bond motifs is 2. The van der Waals surface area contributed by atoms with E-state index in [1.807, 2.05) is 48.5 Å². The highest BCUT2D eigenvalue weighted by Crippen LogP contribution is 2.32. The van der Waals surface area contributed by atoms with Crippen LogP contribution in [0, 0.1) is 5.82 Å². The van der Waals surface area contributed by atoms with Gasteiger partial charge in [-0.15, -0.1) is 12.4 Å². The van der Waals surface area contributed by atoms with Gasteiger partial charge in [0.1, 0.15) is 5.82 Å². The van der Waals surface area contributed by atoms with Gasteiger partial charge < -0.3 is 5.32 Å². The Morgan fingerprint density at radius 3 is 1.78 bits per heavy atom. The van der Waals surface area contributed by atoms with Crippen molar-refractivity contribution >= 4 is 45.6 Å². The standard InChI is InChI=1S/C19H13FN2.ClH/c20-13-9-11-14(12-10-13)21-19-15-5-1-3-7-17(15)22-18-8-4-2-6-16(18)19;/h1-12H,(H,21,22);1H. The second kappa shape index (κ2) is 6.23. The van der Waals surface area contributed by atoms with E-state index in [-0.39, 0.29) is 18.2 Å². The Morgan fingerprint density at radius 2 is 1.22 bits per heavy atom. The van der Waals surface area contributed by atoms with E-state index in [1.165, 1.54) is 12.1 Å². The average Bonchev–Trinajstić information content (AvgIpc) is 2.56. The van der Waals surface area contributed by atoms with Crippen molar-refractivity contribution in [2.24, 2.45) is 0 Å². The number of hydrogen-bond donors (Lipinski definition) is 1. The summed E-state index contributed by atoms with van der Waals surface area (Å²) in [6.07, 6.45) is 0. The monoisotopic (exact) mass is 324 g/mol. The van der Waals surface area contributed by atoms with Crippen LogP contribution in [0.3, 0.4) is 0 Å². The predicted molar refractivity (Wildman–Crippen MR) is 96.2 cm³/mol. The summed E-state index contributed by atoms with van der Waals surface area (Å²) in [7, 11) is 0. The van der Waals surface area contributed by atoms with Crippen molar-refractivity contribution in [2.75, 3.05) is 5.32 Å². The highest BCUT2D eigenvalue weighted by atomic mass is 35.5. The van der Waals surface area contributed by atoms with Crippen LogP contribution in [0.25, 0.3) is 21.8 Å². The molecule has 3 aromatic carbocycles. The summed E-state index contributed by atoms with van der Waals surface area (Å²) in [4.78, 5) is 4.69. The lowest BCUT2D eigenvalue weighted by Gasteiger charge is -2.13. The van der Waals surface area contributed by atoms with Gasteiger partial charge in [-0.3, -0.25) is 0 Å². The van der Waals surface area contributed by atoms with Crippen LogP contribution in [0.5, 0.6) is 0 Å². The highest BCUT2D eigenvalue weighted by molar-refractivity contribution is 6.08. The molecule has 0 aliphatic carbocycles. The van der Waals surface area contributed by atoms with Crippen LogP contribution in [-0.2, 0) is 0 Å². The van der Waals surface area contributed by atoms with Gasteiger partial charge in [0.2, 0.25) is 0 Å². The van der Waals surface area contributed by atoms with E-state index in [4.69, 9.17) is 4.98 Å². The molecule has 0 amide bonds. The number of benzene rings is 3. The molecule has 0 saturated carbocycles. The van der Waals surface area contributed by atoms with Gasteiger partial charge in [-0.1, -0.05) is 36.4 Å². The highest BCUT2D eigenvalue weighted by Gasteiger charge is 2.08. The zero-order valence-corrected chi connectivity index (χ0v) is 13.0. The normalized spacial score (nSPS) is 10.5. The third kappa shape index (κ3) is 2.83. The van der Waals surface area contributed by atoms with E-state index < -0.39 is 0 Å². The minimum atomic E-state index is -0.241. The van der Waals surface area contributed by atoms with Crippen molar-refractivity contribution in [3.8, 4) is 0 Å². The Kier molecular flexibility index (Phi) is 4.13. The molecule has 0 bridgehead atoms. The number of rotatable bonds is 2. The number of nitrogens with zero attached hydrogens (tertiary/aromatic N) is 1. The molecule has 4 aromatic rings.